The van der Waals surface area contributed by atoms with Crippen molar-refractivity contribution in [2.45, 2.75) is 32.4 Å². The lowest BCUT2D eigenvalue weighted by molar-refractivity contribution is 0.00550. The summed E-state index contributed by atoms with van der Waals surface area (Å²) in [5.41, 5.74) is 5.87. The van der Waals surface area contributed by atoms with E-state index in [2.05, 4.69) is 10.6 Å². The highest BCUT2D eigenvalue weighted by atomic mass is 19.1. The van der Waals surface area contributed by atoms with Gasteiger partial charge in [0.05, 0.1) is 5.69 Å². The lowest BCUT2D eigenvalue weighted by Gasteiger charge is -2.40. The minimum absolute atomic E-state index is 0.251. The molecule has 2 rings (SSSR count). The second kappa shape index (κ2) is 7.04. The molecule has 0 saturated carbocycles. The van der Waals surface area contributed by atoms with E-state index >= 15 is 0 Å². The molecule has 1 aliphatic heterocycles. The normalized spacial score (nSPS) is 15.2. The van der Waals surface area contributed by atoms with Crippen LogP contribution in [0.15, 0.2) is 18.2 Å². The molecule has 1 fully saturated rings. The van der Waals surface area contributed by atoms with Gasteiger partial charge >= 0.3 is 6.09 Å². The zero-order valence-corrected chi connectivity index (χ0v) is 13.9. The molecule has 0 spiro atoms. The molecule has 23 heavy (non-hydrogen) atoms. The summed E-state index contributed by atoms with van der Waals surface area (Å²) in [6, 6.07) is 4.82. The number of hydrogen-bond donors (Lipinski definition) is 3. The number of ether oxygens (including phenoxy) is 1. The Morgan fingerprint density at radius 1 is 1.39 bits per heavy atom. The third-order valence-corrected chi connectivity index (χ3v) is 3.40. The molecule has 1 aromatic rings. The van der Waals surface area contributed by atoms with Crippen molar-refractivity contribution < 1.29 is 13.9 Å². The van der Waals surface area contributed by atoms with Crippen molar-refractivity contribution in [1.29, 1.82) is 0 Å². The Labute approximate surface area is 136 Å². The zero-order chi connectivity index (χ0) is 17.0. The van der Waals surface area contributed by atoms with Crippen LogP contribution in [0.4, 0.5) is 20.6 Å². The minimum Gasteiger partial charge on any atom is -0.444 e. The summed E-state index contributed by atoms with van der Waals surface area (Å²) < 4.78 is 18.9. The summed E-state index contributed by atoms with van der Waals surface area (Å²) >= 11 is 0. The van der Waals surface area contributed by atoms with Crippen molar-refractivity contribution in [3.05, 3.63) is 24.0 Å². The topological polar surface area (TPSA) is 79.6 Å². The number of nitrogens with one attached hydrogen (secondary N) is 2. The number of carbonyl (C=O) groups excluding carboxylic acids is 1. The number of likely N-dealkylation sites (tertiary alicyclic amines) is 1. The molecular formula is C16H25FN4O2. The van der Waals surface area contributed by atoms with Gasteiger partial charge in [-0.1, -0.05) is 0 Å². The van der Waals surface area contributed by atoms with Gasteiger partial charge in [-0.05, 0) is 39.0 Å². The fourth-order valence-corrected chi connectivity index (χ4v) is 2.23. The average molecular weight is 324 g/mol. The van der Waals surface area contributed by atoms with Crippen molar-refractivity contribution in [1.82, 2.24) is 10.2 Å². The number of nitrogens with zero attached hydrogens (tertiary/aromatic N) is 1. The van der Waals surface area contributed by atoms with Crippen molar-refractivity contribution in [3.8, 4) is 0 Å². The van der Waals surface area contributed by atoms with E-state index in [1.54, 1.807) is 17.0 Å². The molecule has 0 unspecified atom stereocenters. The molecule has 1 heterocycles. The van der Waals surface area contributed by atoms with Crippen LogP contribution < -0.4 is 16.4 Å². The maximum atomic E-state index is 13.6. The van der Waals surface area contributed by atoms with Crippen LogP contribution in [0.2, 0.25) is 0 Å². The summed E-state index contributed by atoms with van der Waals surface area (Å²) in [6.45, 7) is 8.07. The number of hydrogen-bond acceptors (Lipinski definition) is 5. The third-order valence-electron chi connectivity index (χ3n) is 3.40. The van der Waals surface area contributed by atoms with Crippen LogP contribution in [0.3, 0.4) is 0 Å². The lowest BCUT2D eigenvalue weighted by Crippen LogP contribution is -2.61. The number of amides is 1. The molecular weight excluding hydrogens is 299 g/mol. The van der Waals surface area contributed by atoms with Gasteiger partial charge < -0.3 is 26.0 Å². The molecule has 128 valence electrons. The highest BCUT2D eigenvalue weighted by Crippen LogP contribution is 2.17. The molecule has 1 amide bonds. The predicted molar refractivity (Wildman–Crippen MR) is 88.9 cm³/mol. The van der Waals surface area contributed by atoms with Gasteiger partial charge in [0.25, 0.3) is 0 Å². The SMILES string of the molecule is CC(C)(C)OC(=O)N1CC(NCCNc2ccc(N)cc2F)C1. The molecule has 1 saturated heterocycles. The summed E-state index contributed by atoms with van der Waals surface area (Å²) in [5.74, 6) is -0.357. The fourth-order valence-electron chi connectivity index (χ4n) is 2.23. The van der Waals surface area contributed by atoms with Crippen LogP contribution in [0.25, 0.3) is 0 Å². The lowest BCUT2D eigenvalue weighted by atomic mass is 10.1. The van der Waals surface area contributed by atoms with Gasteiger partial charge in [0.2, 0.25) is 0 Å². The van der Waals surface area contributed by atoms with E-state index in [0.717, 1.165) is 0 Å². The van der Waals surface area contributed by atoms with Gasteiger partial charge in [0, 0.05) is 37.9 Å². The third kappa shape index (κ3) is 5.28. The van der Waals surface area contributed by atoms with Crippen molar-refractivity contribution in [2.24, 2.45) is 0 Å². The standard InChI is InChI=1S/C16H25FN4O2/c1-16(2,3)23-15(22)21-9-12(10-21)19-6-7-20-14-5-4-11(18)8-13(14)17/h4-5,8,12,19-20H,6-7,9-10,18H2,1-3H3. The molecule has 6 nitrogen and oxygen atoms in total. The number of anilines is 2. The Hall–Kier alpha value is -2.02. The first-order valence-electron chi connectivity index (χ1n) is 7.75. The predicted octanol–water partition coefficient (Wildman–Crippen LogP) is 2.03. The summed E-state index contributed by atoms with van der Waals surface area (Å²) in [6.07, 6.45) is -0.280. The molecule has 1 aromatic carbocycles. The van der Waals surface area contributed by atoms with Crippen LogP contribution in [0.1, 0.15) is 20.8 Å². The average Bonchev–Trinajstić information content (AvgIpc) is 2.36. The molecule has 4 N–H and O–H groups in total. The highest BCUT2D eigenvalue weighted by Gasteiger charge is 2.33. The second-order valence-corrected chi connectivity index (χ2v) is 6.70. The van der Waals surface area contributed by atoms with Crippen molar-refractivity contribution in [2.75, 3.05) is 37.2 Å². The number of benzene rings is 1. The zero-order valence-electron chi connectivity index (χ0n) is 13.9. The van der Waals surface area contributed by atoms with Gasteiger partial charge in [0.15, 0.2) is 0 Å². The first kappa shape index (κ1) is 17.3. The van der Waals surface area contributed by atoms with Gasteiger partial charge in [0.1, 0.15) is 11.4 Å². The number of rotatable bonds is 5. The van der Waals surface area contributed by atoms with Gasteiger partial charge in [-0.3, -0.25) is 0 Å². The maximum Gasteiger partial charge on any atom is 0.410 e. The van der Waals surface area contributed by atoms with Gasteiger partial charge in [-0.25, -0.2) is 9.18 Å². The number of carbonyl (C=O) groups is 1. The summed E-state index contributed by atoms with van der Waals surface area (Å²) in [5, 5.41) is 6.32. The van der Waals surface area contributed by atoms with Gasteiger partial charge in [-0.2, -0.15) is 0 Å². The van der Waals surface area contributed by atoms with E-state index in [0.29, 0.717) is 37.6 Å². The quantitative estimate of drug-likeness (QED) is 0.570. The summed E-state index contributed by atoms with van der Waals surface area (Å²) in [4.78, 5) is 13.4. The Bertz CT molecular complexity index is 554. The van der Waals surface area contributed by atoms with E-state index in [4.69, 9.17) is 10.5 Å². The molecule has 1 aliphatic rings. The number of nitrogens with two attached hydrogens (primary N) is 1. The van der Waals surface area contributed by atoms with Crippen molar-refractivity contribution in [3.63, 3.8) is 0 Å². The van der Waals surface area contributed by atoms with E-state index in [1.165, 1.54) is 6.07 Å². The van der Waals surface area contributed by atoms with Crippen LogP contribution in [0, 0.1) is 5.82 Å². The highest BCUT2D eigenvalue weighted by molar-refractivity contribution is 5.69. The van der Waals surface area contributed by atoms with E-state index < -0.39 is 5.60 Å². The number of nitrogen functional groups attached to an aromatic ring is 1. The molecule has 0 aliphatic carbocycles. The van der Waals surface area contributed by atoms with Gasteiger partial charge in [-0.15, -0.1) is 0 Å². The smallest absolute Gasteiger partial charge is 0.410 e. The van der Waals surface area contributed by atoms with E-state index in [1.807, 2.05) is 20.8 Å². The molecule has 0 atom stereocenters. The van der Waals surface area contributed by atoms with Crippen LogP contribution >= 0.6 is 0 Å². The second-order valence-electron chi connectivity index (χ2n) is 6.70. The monoisotopic (exact) mass is 324 g/mol. The Balaban J connectivity index is 1.61. The largest absolute Gasteiger partial charge is 0.444 e. The fraction of sp³-hybridized carbons (Fsp3) is 0.562. The van der Waals surface area contributed by atoms with Crippen LogP contribution in [-0.4, -0.2) is 48.8 Å². The van der Waals surface area contributed by atoms with E-state index in [-0.39, 0.29) is 18.0 Å². The first-order valence-corrected chi connectivity index (χ1v) is 7.75. The molecule has 7 heteroatoms. The Morgan fingerprint density at radius 2 is 2.09 bits per heavy atom. The molecule has 0 radical (unpaired) electrons. The Kier molecular flexibility index (Phi) is 5.30. The molecule has 0 aromatic heterocycles. The minimum atomic E-state index is -0.470. The van der Waals surface area contributed by atoms with Crippen molar-refractivity contribution >= 4 is 17.5 Å². The van der Waals surface area contributed by atoms with Crippen LogP contribution in [-0.2, 0) is 4.74 Å². The number of halogens is 1. The maximum absolute atomic E-state index is 13.6. The first-order chi connectivity index (χ1) is 10.7. The van der Waals surface area contributed by atoms with E-state index in [9.17, 15) is 9.18 Å². The molecule has 0 bridgehead atoms. The summed E-state index contributed by atoms with van der Waals surface area (Å²) in [7, 11) is 0. The Morgan fingerprint density at radius 3 is 2.70 bits per heavy atom. The van der Waals surface area contributed by atoms with Crippen LogP contribution in [0.5, 0.6) is 0 Å².